The monoisotopic (exact) mass is 364 g/mol. The van der Waals surface area contributed by atoms with Gasteiger partial charge in [0.1, 0.15) is 5.52 Å². The van der Waals surface area contributed by atoms with Crippen molar-refractivity contribution in [3.63, 3.8) is 0 Å². The van der Waals surface area contributed by atoms with E-state index in [0.717, 1.165) is 42.5 Å². The number of carbonyl (C=O) groups excluding carboxylic acids is 1. The maximum absolute atomic E-state index is 12.9. The fourth-order valence-electron chi connectivity index (χ4n) is 3.84. The van der Waals surface area contributed by atoms with Gasteiger partial charge >= 0.3 is 0 Å². The second kappa shape index (κ2) is 7.48. The molecule has 1 saturated carbocycles. The van der Waals surface area contributed by atoms with E-state index in [9.17, 15) is 9.90 Å². The molecule has 2 N–H and O–H groups in total. The zero-order chi connectivity index (χ0) is 18.8. The molecule has 0 radical (unpaired) electrons. The van der Waals surface area contributed by atoms with Gasteiger partial charge in [0.2, 0.25) is 0 Å². The van der Waals surface area contributed by atoms with Crippen LogP contribution < -0.4 is 5.32 Å². The molecule has 0 unspecified atom stereocenters. The molecule has 1 aliphatic rings. The number of hydrogen-bond donors (Lipinski definition) is 2. The third-order valence-corrected chi connectivity index (χ3v) is 5.24. The van der Waals surface area contributed by atoms with E-state index in [-0.39, 0.29) is 11.9 Å². The molecule has 140 valence electrons. The highest BCUT2D eigenvalue weighted by atomic mass is 16.3. The number of fused-ring (bicyclic) bond motifs is 1. The Labute approximate surface area is 158 Å². The zero-order valence-corrected chi connectivity index (χ0v) is 15.4. The molecule has 1 aliphatic carbocycles. The van der Waals surface area contributed by atoms with Gasteiger partial charge in [-0.15, -0.1) is 0 Å². The summed E-state index contributed by atoms with van der Waals surface area (Å²) in [4.78, 5) is 21.6. The average Bonchev–Trinajstić information content (AvgIpc) is 3.02. The van der Waals surface area contributed by atoms with Crippen LogP contribution in [0.3, 0.4) is 0 Å². The van der Waals surface area contributed by atoms with Gasteiger partial charge in [-0.25, -0.2) is 0 Å². The number of nitrogens with zero attached hydrogens (tertiary/aromatic N) is 3. The second-order valence-electron chi connectivity index (χ2n) is 7.28. The van der Waals surface area contributed by atoms with Crippen molar-refractivity contribution in [1.82, 2.24) is 19.9 Å². The van der Waals surface area contributed by atoms with Crippen molar-refractivity contribution in [3.8, 4) is 0 Å². The van der Waals surface area contributed by atoms with Crippen LogP contribution in [-0.4, -0.2) is 37.7 Å². The predicted molar refractivity (Wildman–Crippen MR) is 104 cm³/mol. The van der Waals surface area contributed by atoms with E-state index in [1.54, 1.807) is 12.4 Å². The van der Waals surface area contributed by atoms with Gasteiger partial charge in [-0.1, -0.05) is 12.8 Å². The molecule has 3 aromatic heterocycles. The van der Waals surface area contributed by atoms with E-state index in [1.165, 1.54) is 0 Å². The molecule has 3 aromatic rings. The van der Waals surface area contributed by atoms with Gasteiger partial charge in [-0.3, -0.25) is 14.8 Å². The van der Waals surface area contributed by atoms with Crippen molar-refractivity contribution in [2.24, 2.45) is 0 Å². The number of amides is 1. The summed E-state index contributed by atoms with van der Waals surface area (Å²) >= 11 is 0. The predicted octanol–water partition coefficient (Wildman–Crippen LogP) is 2.82. The van der Waals surface area contributed by atoms with Gasteiger partial charge in [0.25, 0.3) is 5.91 Å². The molecule has 0 spiro atoms. The maximum Gasteiger partial charge on any atom is 0.255 e. The fourth-order valence-corrected chi connectivity index (χ4v) is 3.84. The number of pyridine rings is 2. The summed E-state index contributed by atoms with van der Waals surface area (Å²) in [5.41, 5.74) is 4.24. The number of nitrogens with one attached hydrogen (secondary N) is 1. The second-order valence-corrected chi connectivity index (χ2v) is 7.28. The normalized spacial score (nSPS) is 19.9. The van der Waals surface area contributed by atoms with Crippen LogP contribution in [0.5, 0.6) is 0 Å². The molecule has 0 bridgehead atoms. The van der Waals surface area contributed by atoms with Gasteiger partial charge in [-0.2, -0.15) is 0 Å². The summed E-state index contributed by atoms with van der Waals surface area (Å²) in [6, 6.07) is 7.69. The van der Waals surface area contributed by atoms with Gasteiger partial charge in [0, 0.05) is 30.8 Å². The molecule has 1 amide bonds. The van der Waals surface area contributed by atoms with Gasteiger partial charge in [-0.05, 0) is 49.6 Å². The van der Waals surface area contributed by atoms with E-state index in [4.69, 9.17) is 0 Å². The number of hydrogen-bond acceptors (Lipinski definition) is 4. The molecule has 0 aliphatic heterocycles. The van der Waals surface area contributed by atoms with Crippen molar-refractivity contribution in [2.75, 3.05) is 0 Å². The topological polar surface area (TPSA) is 80.0 Å². The van der Waals surface area contributed by atoms with Crippen LogP contribution in [-0.2, 0) is 6.54 Å². The Morgan fingerprint density at radius 2 is 2.11 bits per heavy atom. The lowest BCUT2D eigenvalue weighted by atomic mass is 9.92. The summed E-state index contributed by atoms with van der Waals surface area (Å²) < 4.78 is 2.04. The minimum atomic E-state index is -0.469. The summed E-state index contributed by atoms with van der Waals surface area (Å²) in [5, 5.41) is 13.2. The first-order chi connectivity index (χ1) is 13.1. The van der Waals surface area contributed by atoms with Crippen molar-refractivity contribution >= 4 is 16.9 Å². The number of aryl methyl sites for hydroxylation is 1. The van der Waals surface area contributed by atoms with Crippen molar-refractivity contribution in [1.29, 1.82) is 0 Å². The third-order valence-electron chi connectivity index (χ3n) is 5.24. The van der Waals surface area contributed by atoms with E-state index in [1.807, 2.05) is 42.0 Å². The summed E-state index contributed by atoms with van der Waals surface area (Å²) in [6.45, 7) is 2.61. The number of aliphatic hydroxyl groups is 1. The van der Waals surface area contributed by atoms with Gasteiger partial charge in [0.05, 0.1) is 23.2 Å². The number of carbonyl (C=O) groups is 1. The molecule has 27 heavy (non-hydrogen) atoms. The first kappa shape index (κ1) is 17.7. The summed E-state index contributed by atoms with van der Waals surface area (Å²) in [5.74, 6) is -0.172. The third kappa shape index (κ3) is 3.71. The Balaban J connectivity index is 1.64. The smallest absolute Gasteiger partial charge is 0.255 e. The minimum absolute atomic E-state index is 0.172. The quantitative estimate of drug-likeness (QED) is 0.746. The average molecular weight is 364 g/mol. The van der Waals surface area contributed by atoms with Crippen LogP contribution in [0.1, 0.15) is 47.3 Å². The first-order valence-corrected chi connectivity index (χ1v) is 9.46. The Bertz CT molecular complexity index is 966. The highest BCUT2D eigenvalue weighted by molar-refractivity contribution is 6.05. The van der Waals surface area contributed by atoms with Crippen molar-refractivity contribution in [3.05, 3.63) is 59.7 Å². The minimum Gasteiger partial charge on any atom is -0.391 e. The Morgan fingerprint density at radius 1 is 1.26 bits per heavy atom. The Morgan fingerprint density at radius 3 is 2.93 bits per heavy atom. The zero-order valence-electron chi connectivity index (χ0n) is 15.4. The standard InChI is InChI=1S/C21H24N4O2/c1-14-11-15(8-10-22-14)12-25-13-16(20-18(25)6-4-9-23-20)21(27)24-17-5-2-3-7-19(17)26/h4,6,8-11,13,17,19,26H,2-3,5,7,12H2,1H3,(H,24,27)/t17-,19-/m0/s1. The van der Waals surface area contributed by atoms with Gasteiger partial charge in [0.15, 0.2) is 0 Å². The number of rotatable bonds is 4. The highest BCUT2D eigenvalue weighted by Crippen LogP contribution is 2.23. The fraction of sp³-hybridized carbons (Fsp3) is 0.381. The van der Waals surface area contributed by atoms with Crippen LogP contribution in [0.2, 0.25) is 0 Å². The molecule has 4 rings (SSSR count). The molecular formula is C21H24N4O2. The first-order valence-electron chi connectivity index (χ1n) is 9.46. The maximum atomic E-state index is 12.9. The molecule has 6 nitrogen and oxygen atoms in total. The van der Waals surface area contributed by atoms with E-state index >= 15 is 0 Å². The van der Waals surface area contributed by atoms with Gasteiger partial charge < -0.3 is 15.0 Å². The number of aliphatic hydroxyl groups excluding tert-OH is 1. The molecule has 0 saturated heterocycles. The van der Waals surface area contributed by atoms with E-state index in [0.29, 0.717) is 17.6 Å². The largest absolute Gasteiger partial charge is 0.391 e. The van der Waals surface area contributed by atoms with E-state index in [2.05, 4.69) is 15.3 Å². The van der Waals surface area contributed by atoms with E-state index < -0.39 is 6.10 Å². The molecule has 1 fully saturated rings. The summed E-state index contributed by atoms with van der Waals surface area (Å²) in [7, 11) is 0. The Hall–Kier alpha value is -2.73. The van der Waals surface area contributed by atoms with Crippen molar-refractivity contribution < 1.29 is 9.90 Å². The molecule has 2 atom stereocenters. The molecule has 0 aromatic carbocycles. The lowest BCUT2D eigenvalue weighted by molar-refractivity contribution is 0.0718. The molecular weight excluding hydrogens is 340 g/mol. The van der Waals surface area contributed by atoms with Crippen LogP contribution >= 0.6 is 0 Å². The summed E-state index contributed by atoms with van der Waals surface area (Å²) in [6.07, 6.45) is 8.49. The highest BCUT2D eigenvalue weighted by Gasteiger charge is 2.26. The lowest BCUT2D eigenvalue weighted by Gasteiger charge is -2.28. The lowest BCUT2D eigenvalue weighted by Crippen LogP contribution is -2.45. The van der Waals surface area contributed by atoms with Crippen LogP contribution in [0.4, 0.5) is 0 Å². The van der Waals surface area contributed by atoms with Crippen molar-refractivity contribution in [2.45, 2.75) is 51.3 Å². The number of aromatic nitrogens is 3. The Kier molecular flexibility index (Phi) is 4.90. The molecule has 3 heterocycles. The van der Waals surface area contributed by atoms with Crippen LogP contribution in [0.25, 0.3) is 11.0 Å². The SMILES string of the molecule is Cc1cc(Cn2cc(C(=O)N[C@H]3CCCC[C@@H]3O)c3ncccc32)ccn1. The molecule has 6 heteroatoms. The van der Waals surface area contributed by atoms with Crippen LogP contribution in [0.15, 0.2) is 42.9 Å². The van der Waals surface area contributed by atoms with Crippen LogP contribution in [0, 0.1) is 6.92 Å².